The first-order valence-corrected chi connectivity index (χ1v) is 11.2. The number of methoxy groups -OCH3 is 1. The second-order valence-electron chi connectivity index (χ2n) is 8.71. The molecule has 1 amide bonds. The summed E-state index contributed by atoms with van der Waals surface area (Å²) in [5, 5.41) is 18.0. The summed E-state index contributed by atoms with van der Waals surface area (Å²) >= 11 is 0. The Kier molecular flexibility index (Phi) is 7.20. The fourth-order valence-electron chi connectivity index (χ4n) is 4.41. The minimum absolute atomic E-state index is 0.00278. The van der Waals surface area contributed by atoms with Gasteiger partial charge in [0.2, 0.25) is 0 Å². The maximum Gasteiger partial charge on any atom is 0.273 e. The fraction of sp³-hybridized carbons (Fsp3) is 0.417. The van der Waals surface area contributed by atoms with E-state index in [2.05, 4.69) is 10.4 Å². The standard InChI is InChI=1S/C24H29F2N5O4/c1-34-18-5-3-2-4-17(18)23(33)29-11-14-6-8-15(9-7-14)20-19(22(28)32)21(27)31(30-20)16-10-24(25,26)13-35-12-16/h2-3,5-9,16-17,23,29,33H,4,10-13,27H2,1H3,(H2,28,32). The van der Waals surface area contributed by atoms with Crippen molar-refractivity contribution in [1.82, 2.24) is 15.1 Å². The van der Waals surface area contributed by atoms with Gasteiger partial charge < -0.3 is 26.0 Å². The van der Waals surface area contributed by atoms with E-state index in [4.69, 9.17) is 20.9 Å². The van der Waals surface area contributed by atoms with Crippen molar-refractivity contribution in [2.45, 2.75) is 37.6 Å². The van der Waals surface area contributed by atoms with Crippen molar-refractivity contribution in [2.75, 3.05) is 26.1 Å². The quantitative estimate of drug-likeness (QED) is 0.418. The fourth-order valence-corrected chi connectivity index (χ4v) is 4.41. The molecule has 3 atom stereocenters. The number of anilines is 1. The molecule has 0 radical (unpaired) electrons. The maximum absolute atomic E-state index is 13.9. The number of nitrogens with zero attached hydrogens (tertiary/aromatic N) is 2. The van der Waals surface area contributed by atoms with Crippen LogP contribution in [-0.4, -0.2) is 53.3 Å². The molecule has 2 aliphatic rings. The largest absolute Gasteiger partial charge is 0.501 e. The number of nitrogens with one attached hydrogen (secondary N) is 1. The van der Waals surface area contributed by atoms with Gasteiger partial charge in [0.25, 0.3) is 11.8 Å². The van der Waals surface area contributed by atoms with Gasteiger partial charge in [-0.3, -0.25) is 10.1 Å². The summed E-state index contributed by atoms with van der Waals surface area (Å²) in [6.45, 7) is -0.278. The summed E-state index contributed by atoms with van der Waals surface area (Å²) in [5.41, 5.74) is 13.3. The van der Waals surface area contributed by atoms with Crippen molar-refractivity contribution >= 4 is 11.7 Å². The van der Waals surface area contributed by atoms with Crippen LogP contribution < -0.4 is 16.8 Å². The topological polar surface area (TPSA) is 138 Å². The Morgan fingerprint density at radius 2 is 2.14 bits per heavy atom. The third kappa shape index (κ3) is 5.37. The Bertz CT molecular complexity index is 1130. The molecule has 3 unspecified atom stereocenters. The number of amides is 1. The highest BCUT2D eigenvalue weighted by molar-refractivity contribution is 6.03. The van der Waals surface area contributed by atoms with Gasteiger partial charge in [0, 0.05) is 18.5 Å². The van der Waals surface area contributed by atoms with E-state index in [-0.39, 0.29) is 29.6 Å². The zero-order valence-electron chi connectivity index (χ0n) is 19.3. The van der Waals surface area contributed by atoms with Crippen LogP contribution in [0.5, 0.6) is 0 Å². The number of carbonyl (C=O) groups excluding carboxylic acids is 1. The van der Waals surface area contributed by atoms with Crippen LogP contribution in [0.1, 0.15) is 34.8 Å². The van der Waals surface area contributed by atoms with Crippen LogP contribution in [-0.2, 0) is 16.0 Å². The lowest BCUT2D eigenvalue weighted by atomic mass is 9.96. The summed E-state index contributed by atoms with van der Waals surface area (Å²) in [7, 11) is 1.57. The van der Waals surface area contributed by atoms with Gasteiger partial charge in [-0.1, -0.05) is 36.4 Å². The van der Waals surface area contributed by atoms with E-state index in [1.165, 1.54) is 4.68 Å². The van der Waals surface area contributed by atoms with Crippen molar-refractivity contribution < 1.29 is 28.2 Å². The number of allylic oxidation sites excluding steroid dienone is 3. The molecule has 0 spiro atoms. The molecule has 1 fully saturated rings. The van der Waals surface area contributed by atoms with Crippen LogP contribution in [0.15, 0.2) is 48.3 Å². The Labute approximate surface area is 201 Å². The van der Waals surface area contributed by atoms with Crippen LogP contribution in [0.2, 0.25) is 0 Å². The molecule has 9 nitrogen and oxygen atoms in total. The zero-order chi connectivity index (χ0) is 25.2. The number of aromatic nitrogens is 2. The summed E-state index contributed by atoms with van der Waals surface area (Å²) in [5.74, 6) is -3.37. The third-order valence-corrected chi connectivity index (χ3v) is 6.21. The lowest BCUT2D eigenvalue weighted by molar-refractivity contribution is -0.133. The Balaban J connectivity index is 1.50. The smallest absolute Gasteiger partial charge is 0.273 e. The van der Waals surface area contributed by atoms with E-state index < -0.39 is 37.1 Å². The highest BCUT2D eigenvalue weighted by atomic mass is 19.3. The molecule has 0 saturated carbocycles. The predicted octanol–water partition coefficient (Wildman–Crippen LogP) is 2.34. The Morgan fingerprint density at radius 3 is 2.80 bits per heavy atom. The number of aliphatic hydroxyl groups excluding tert-OH is 1. The van der Waals surface area contributed by atoms with Crippen LogP contribution in [0, 0.1) is 5.92 Å². The van der Waals surface area contributed by atoms with E-state index in [1.54, 1.807) is 31.4 Å². The summed E-state index contributed by atoms with van der Waals surface area (Å²) in [4.78, 5) is 12.1. The average Bonchev–Trinajstić information content (AvgIpc) is 3.19. The molecule has 0 bridgehead atoms. The lowest BCUT2D eigenvalue weighted by Gasteiger charge is -2.29. The van der Waals surface area contributed by atoms with Gasteiger partial charge in [-0.15, -0.1) is 0 Å². The van der Waals surface area contributed by atoms with E-state index in [0.29, 0.717) is 24.3 Å². The summed E-state index contributed by atoms with van der Waals surface area (Å²) in [6.07, 6.45) is 5.04. The number of benzene rings is 1. The number of carbonyl (C=O) groups is 1. The van der Waals surface area contributed by atoms with Crippen molar-refractivity contribution in [3.05, 3.63) is 59.4 Å². The number of rotatable bonds is 8. The number of nitrogens with two attached hydrogens (primary N) is 2. The number of aliphatic hydroxyl groups is 1. The predicted molar refractivity (Wildman–Crippen MR) is 125 cm³/mol. The van der Waals surface area contributed by atoms with E-state index in [9.17, 15) is 18.7 Å². The van der Waals surface area contributed by atoms with E-state index >= 15 is 0 Å². The molecule has 1 aliphatic heterocycles. The van der Waals surface area contributed by atoms with Gasteiger partial charge in [-0.25, -0.2) is 13.5 Å². The first-order valence-electron chi connectivity index (χ1n) is 11.2. The number of hydrogen-bond donors (Lipinski definition) is 4. The third-order valence-electron chi connectivity index (χ3n) is 6.21. The molecule has 2 heterocycles. The number of primary amides is 1. The first kappa shape index (κ1) is 24.8. The molecule has 4 rings (SSSR count). The van der Waals surface area contributed by atoms with Gasteiger partial charge in [0.05, 0.1) is 25.7 Å². The molecule has 1 aliphatic carbocycles. The van der Waals surface area contributed by atoms with Crippen molar-refractivity contribution in [1.29, 1.82) is 0 Å². The number of alkyl halides is 2. The first-order chi connectivity index (χ1) is 16.7. The normalized spacial score (nSPS) is 22.5. The van der Waals surface area contributed by atoms with Crippen LogP contribution in [0.25, 0.3) is 11.3 Å². The molecule has 1 aromatic carbocycles. The number of nitrogen functional groups attached to an aromatic ring is 1. The van der Waals surface area contributed by atoms with Crippen LogP contribution >= 0.6 is 0 Å². The lowest BCUT2D eigenvalue weighted by Crippen LogP contribution is -2.37. The van der Waals surface area contributed by atoms with Crippen LogP contribution in [0.3, 0.4) is 0 Å². The molecule has 1 aromatic heterocycles. The molecule has 35 heavy (non-hydrogen) atoms. The molecular formula is C24H29F2N5O4. The van der Waals surface area contributed by atoms with Crippen LogP contribution in [0.4, 0.5) is 14.6 Å². The van der Waals surface area contributed by atoms with Crippen molar-refractivity contribution in [3.63, 3.8) is 0 Å². The van der Waals surface area contributed by atoms with Crippen molar-refractivity contribution in [3.8, 4) is 11.3 Å². The second kappa shape index (κ2) is 10.1. The average molecular weight is 490 g/mol. The SMILES string of the molecule is COC1=CC=CCC1C(O)NCc1ccc(-c2nn(C3COCC(F)(F)C3)c(N)c2C(N)=O)cc1. The minimum Gasteiger partial charge on any atom is -0.501 e. The Hall–Kier alpha value is -3.28. The van der Waals surface area contributed by atoms with E-state index in [1.807, 2.05) is 18.2 Å². The van der Waals surface area contributed by atoms with Gasteiger partial charge in [0.15, 0.2) is 0 Å². The summed E-state index contributed by atoms with van der Waals surface area (Å²) < 4.78 is 39.3. The monoisotopic (exact) mass is 489 g/mol. The number of hydrogen-bond acceptors (Lipinski definition) is 7. The Morgan fingerprint density at radius 1 is 1.40 bits per heavy atom. The van der Waals surface area contributed by atoms with Crippen molar-refractivity contribution in [2.24, 2.45) is 11.7 Å². The van der Waals surface area contributed by atoms with Gasteiger partial charge in [-0.05, 0) is 18.1 Å². The number of halogens is 2. The second-order valence-corrected chi connectivity index (χ2v) is 8.71. The number of ether oxygens (including phenoxy) is 2. The zero-order valence-corrected chi connectivity index (χ0v) is 19.3. The minimum atomic E-state index is -3.01. The van der Waals surface area contributed by atoms with Gasteiger partial charge in [0.1, 0.15) is 35.7 Å². The molecule has 6 N–H and O–H groups in total. The molecule has 1 saturated heterocycles. The molecule has 188 valence electrons. The highest BCUT2D eigenvalue weighted by Gasteiger charge is 2.40. The van der Waals surface area contributed by atoms with Gasteiger partial charge >= 0.3 is 0 Å². The molecule has 2 aromatic rings. The molecular weight excluding hydrogens is 460 g/mol. The summed E-state index contributed by atoms with van der Waals surface area (Å²) in [6, 6.07) is 6.26. The van der Waals surface area contributed by atoms with Gasteiger partial charge in [-0.2, -0.15) is 5.10 Å². The molecule has 11 heteroatoms. The maximum atomic E-state index is 13.9. The van der Waals surface area contributed by atoms with E-state index in [0.717, 1.165) is 5.56 Å². The highest BCUT2D eigenvalue weighted by Crippen LogP contribution is 2.36.